The molecule has 6 aromatic rings. The third-order valence-corrected chi connectivity index (χ3v) is 7.51. The highest BCUT2D eigenvalue weighted by Gasteiger charge is 2.25. The Morgan fingerprint density at radius 3 is 2.59 bits per heavy atom. The van der Waals surface area contributed by atoms with E-state index in [2.05, 4.69) is 10.3 Å². The Morgan fingerprint density at radius 2 is 1.83 bits per heavy atom. The van der Waals surface area contributed by atoms with Gasteiger partial charge in [0.05, 0.1) is 23.6 Å². The number of carboxylic acid groups (broad SMARTS) is 1. The maximum atomic E-state index is 13.1. The average molecular weight is 551 g/mol. The molecule has 0 saturated carbocycles. The number of phenols is 1. The molecule has 1 atom stereocenters. The number of rotatable bonds is 7. The lowest BCUT2D eigenvalue weighted by Crippen LogP contribution is -2.43. The quantitative estimate of drug-likeness (QED) is 0.196. The van der Waals surface area contributed by atoms with Crippen LogP contribution in [0.4, 0.5) is 0 Å². The molecular formula is C32H26N2O7. The van der Waals surface area contributed by atoms with Crippen molar-refractivity contribution in [3.8, 4) is 16.9 Å². The number of benzene rings is 3. The van der Waals surface area contributed by atoms with Gasteiger partial charge >= 0.3 is 11.6 Å². The van der Waals surface area contributed by atoms with Crippen LogP contribution < -0.4 is 10.9 Å². The molecule has 0 saturated heterocycles. The van der Waals surface area contributed by atoms with Crippen LogP contribution in [0.2, 0.25) is 0 Å². The first-order valence-corrected chi connectivity index (χ1v) is 13.0. The van der Waals surface area contributed by atoms with Gasteiger partial charge in [-0.25, -0.2) is 9.59 Å². The van der Waals surface area contributed by atoms with Gasteiger partial charge in [0, 0.05) is 34.5 Å². The minimum Gasteiger partial charge on any atom is -0.508 e. The number of fused-ring (bicyclic) bond motifs is 4. The standard InChI is InChI=1S/C32H26N2O7/c1-16-10-26-29(30-28(16)23(15-40-30)18-6-4-3-5-7-18)17(2)21(32(39)41-26)13-27(36)34-25(31(37)38)11-19-14-33-24-9-8-20(35)12-22(19)24/h3-10,12,14-15,25,33,35H,11,13H2,1-2H3,(H,34,36)(H,37,38)/t25-/m1/s1. The topological polar surface area (TPSA) is 146 Å². The summed E-state index contributed by atoms with van der Waals surface area (Å²) in [7, 11) is 0. The molecule has 0 aliphatic rings. The van der Waals surface area contributed by atoms with Crippen LogP contribution in [-0.4, -0.2) is 33.1 Å². The van der Waals surface area contributed by atoms with Crippen molar-refractivity contribution in [2.75, 3.05) is 0 Å². The molecule has 0 spiro atoms. The van der Waals surface area contributed by atoms with Crippen LogP contribution in [0.15, 0.2) is 80.7 Å². The SMILES string of the molecule is Cc1cc2oc(=O)c(CC(=O)N[C@H](Cc3c[nH]c4ccc(O)cc34)C(=O)O)c(C)c2c2occ(-c3ccccc3)c12. The summed E-state index contributed by atoms with van der Waals surface area (Å²) in [5, 5.41) is 24.3. The van der Waals surface area contributed by atoms with Gasteiger partial charge in [-0.15, -0.1) is 0 Å². The molecule has 6 rings (SSSR count). The number of aromatic amines is 1. The molecule has 9 nitrogen and oxygen atoms in total. The zero-order valence-corrected chi connectivity index (χ0v) is 22.3. The summed E-state index contributed by atoms with van der Waals surface area (Å²) in [6, 6.07) is 15.1. The minimum atomic E-state index is -1.26. The Bertz CT molecular complexity index is 2030. The fourth-order valence-electron chi connectivity index (χ4n) is 5.48. The Balaban J connectivity index is 1.33. The summed E-state index contributed by atoms with van der Waals surface area (Å²) in [5.74, 6) is -1.82. The summed E-state index contributed by atoms with van der Waals surface area (Å²) >= 11 is 0. The zero-order chi connectivity index (χ0) is 28.8. The molecule has 0 bridgehead atoms. The van der Waals surface area contributed by atoms with Crippen LogP contribution in [0, 0.1) is 13.8 Å². The zero-order valence-electron chi connectivity index (χ0n) is 22.3. The summed E-state index contributed by atoms with van der Waals surface area (Å²) < 4.78 is 11.7. The first kappa shape index (κ1) is 25.9. The van der Waals surface area contributed by atoms with Crippen molar-refractivity contribution in [1.29, 1.82) is 0 Å². The molecule has 1 amide bonds. The van der Waals surface area contributed by atoms with Gasteiger partial charge in [-0.1, -0.05) is 30.3 Å². The third kappa shape index (κ3) is 4.61. The summed E-state index contributed by atoms with van der Waals surface area (Å²) in [5.41, 5.74) is 4.99. The van der Waals surface area contributed by atoms with Gasteiger partial charge in [-0.3, -0.25) is 4.79 Å². The summed E-state index contributed by atoms with van der Waals surface area (Å²) in [6.07, 6.45) is 2.93. The highest BCUT2D eigenvalue weighted by molar-refractivity contribution is 6.11. The second-order valence-electron chi connectivity index (χ2n) is 10.2. The van der Waals surface area contributed by atoms with Crippen molar-refractivity contribution in [1.82, 2.24) is 10.3 Å². The van der Waals surface area contributed by atoms with E-state index >= 15 is 0 Å². The van der Waals surface area contributed by atoms with Gasteiger partial charge in [0.25, 0.3) is 0 Å². The highest BCUT2D eigenvalue weighted by atomic mass is 16.4. The second-order valence-corrected chi connectivity index (χ2v) is 10.2. The van der Waals surface area contributed by atoms with E-state index in [4.69, 9.17) is 8.83 Å². The van der Waals surface area contributed by atoms with E-state index in [1.807, 2.05) is 37.3 Å². The Labute approximate surface area is 233 Å². The van der Waals surface area contributed by atoms with Crippen molar-refractivity contribution in [3.05, 3.63) is 99.7 Å². The highest BCUT2D eigenvalue weighted by Crippen LogP contribution is 2.38. The molecule has 3 heterocycles. The number of carboxylic acids is 1. The Hall–Kier alpha value is -5.31. The monoisotopic (exact) mass is 550 g/mol. The Morgan fingerprint density at radius 1 is 1.05 bits per heavy atom. The molecule has 206 valence electrons. The van der Waals surface area contributed by atoms with Crippen LogP contribution in [0.3, 0.4) is 0 Å². The number of hydrogen-bond donors (Lipinski definition) is 4. The molecule has 0 aliphatic heterocycles. The second kappa shape index (κ2) is 10.0. The van der Waals surface area contributed by atoms with E-state index in [0.29, 0.717) is 33.1 Å². The number of aromatic hydroxyl groups is 1. The van der Waals surface area contributed by atoms with Crippen LogP contribution in [0.1, 0.15) is 22.3 Å². The van der Waals surface area contributed by atoms with Crippen LogP contribution in [-0.2, 0) is 22.4 Å². The fraction of sp³-hybridized carbons (Fsp3) is 0.156. The van der Waals surface area contributed by atoms with E-state index in [1.54, 1.807) is 31.5 Å². The first-order chi connectivity index (χ1) is 19.7. The number of hydrogen-bond acceptors (Lipinski definition) is 6. The van der Waals surface area contributed by atoms with E-state index in [-0.39, 0.29) is 24.2 Å². The van der Waals surface area contributed by atoms with Gasteiger partial charge in [-0.2, -0.15) is 0 Å². The number of aliphatic carboxylic acids is 1. The molecule has 0 aliphatic carbocycles. The number of aryl methyl sites for hydroxylation is 2. The number of amides is 1. The molecule has 4 N–H and O–H groups in total. The number of carbonyl (C=O) groups is 2. The molecule has 41 heavy (non-hydrogen) atoms. The molecule has 3 aromatic carbocycles. The normalized spacial score (nSPS) is 12.2. The van der Waals surface area contributed by atoms with Gasteiger partial charge in [0.15, 0.2) is 0 Å². The number of nitrogens with one attached hydrogen (secondary N) is 2. The van der Waals surface area contributed by atoms with Crippen LogP contribution in [0.25, 0.3) is 44.0 Å². The molecule has 0 radical (unpaired) electrons. The number of aromatic nitrogens is 1. The molecule has 3 aromatic heterocycles. The van der Waals surface area contributed by atoms with E-state index < -0.39 is 23.5 Å². The largest absolute Gasteiger partial charge is 0.508 e. The summed E-state index contributed by atoms with van der Waals surface area (Å²) in [4.78, 5) is 41.2. The number of carbonyl (C=O) groups excluding carboxylic acids is 1. The molecule has 0 unspecified atom stereocenters. The van der Waals surface area contributed by atoms with Crippen molar-refractivity contribution < 1.29 is 28.6 Å². The lowest BCUT2D eigenvalue weighted by molar-refractivity contribution is -0.141. The first-order valence-electron chi connectivity index (χ1n) is 13.0. The minimum absolute atomic E-state index is 0.0234. The predicted molar refractivity (Wildman–Crippen MR) is 154 cm³/mol. The smallest absolute Gasteiger partial charge is 0.340 e. The summed E-state index contributed by atoms with van der Waals surface area (Å²) in [6.45, 7) is 3.65. The van der Waals surface area contributed by atoms with Crippen LogP contribution in [0.5, 0.6) is 5.75 Å². The predicted octanol–water partition coefficient (Wildman–Crippen LogP) is 5.36. The van der Waals surface area contributed by atoms with Crippen molar-refractivity contribution in [2.24, 2.45) is 0 Å². The fourth-order valence-corrected chi connectivity index (χ4v) is 5.48. The maximum Gasteiger partial charge on any atom is 0.340 e. The number of phenolic OH excluding ortho intramolecular Hbond substituents is 1. The van der Waals surface area contributed by atoms with Gasteiger partial charge in [-0.05, 0) is 60.4 Å². The van der Waals surface area contributed by atoms with Crippen LogP contribution >= 0.6 is 0 Å². The maximum absolute atomic E-state index is 13.1. The molecule has 9 heteroatoms. The number of H-pyrrole nitrogens is 1. The lowest BCUT2D eigenvalue weighted by Gasteiger charge is -2.15. The van der Waals surface area contributed by atoms with E-state index in [1.165, 1.54) is 12.1 Å². The van der Waals surface area contributed by atoms with E-state index in [0.717, 1.165) is 27.6 Å². The number of furan rings is 1. The van der Waals surface area contributed by atoms with Gasteiger partial charge < -0.3 is 29.3 Å². The van der Waals surface area contributed by atoms with Crippen molar-refractivity contribution in [3.63, 3.8) is 0 Å². The molecule has 0 fully saturated rings. The lowest BCUT2D eigenvalue weighted by atomic mass is 9.96. The van der Waals surface area contributed by atoms with Gasteiger partial charge in [0.2, 0.25) is 5.91 Å². The van der Waals surface area contributed by atoms with Gasteiger partial charge in [0.1, 0.15) is 23.0 Å². The third-order valence-electron chi connectivity index (χ3n) is 7.51. The molecular weight excluding hydrogens is 524 g/mol. The average Bonchev–Trinajstić information content (AvgIpc) is 3.56. The van der Waals surface area contributed by atoms with Crippen molar-refractivity contribution in [2.45, 2.75) is 32.7 Å². The van der Waals surface area contributed by atoms with E-state index in [9.17, 15) is 24.6 Å². The Kier molecular flexibility index (Phi) is 6.34. The van der Waals surface area contributed by atoms with Crippen molar-refractivity contribution >= 4 is 44.7 Å².